The van der Waals surface area contributed by atoms with Gasteiger partial charge in [0.15, 0.2) is 5.96 Å². The predicted molar refractivity (Wildman–Crippen MR) is 134 cm³/mol. The lowest BCUT2D eigenvalue weighted by Gasteiger charge is -2.14. The molecule has 238 valence electrons. The van der Waals surface area contributed by atoms with E-state index in [1.165, 1.54) is 24.5 Å². The lowest BCUT2D eigenvalue weighted by molar-refractivity contribution is -0.193. The SMILES string of the molecule is NC(N)=NCCNC(=O)c1ccc(C(=O)NCC(Nc2ncccn2)C(=O)O)s1.O=C(O)C(F)(F)F.O=C(O)C(F)(F)F. The van der Waals surface area contributed by atoms with E-state index in [-0.39, 0.29) is 42.3 Å². The van der Waals surface area contributed by atoms with Gasteiger partial charge in [-0.25, -0.2) is 24.4 Å². The summed E-state index contributed by atoms with van der Waals surface area (Å²) in [6.45, 7) is 0.273. The predicted octanol–water partition coefficient (Wildman–Crippen LogP) is 0.103. The maximum Gasteiger partial charge on any atom is 0.490 e. The molecule has 0 fully saturated rings. The number of carbonyl (C=O) groups is 5. The number of hydrogen-bond donors (Lipinski definition) is 8. The molecule has 2 aromatic rings. The van der Waals surface area contributed by atoms with Crippen molar-refractivity contribution in [3.63, 3.8) is 0 Å². The number of hydrogen-bond acceptors (Lipinski definition) is 10. The van der Waals surface area contributed by atoms with Gasteiger partial charge in [0.1, 0.15) is 6.04 Å². The molecule has 2 rings (SSSR count). The van der Waals surface area contributed by atoms with Crippen LogP contribution in [-0.4, -0.2) is 99.0 Å². The largest absolute Gasteiger partial charge is 0.490 e. The van der Waals surface area contributed by atoms with Crippen LogP contribution in [0, 0.1) is 0 Å². The van der Waals surface area contributed by atoms with Gasteiger partial charge >= 0.3 is 30.3 Å². The number of carbonyl (C=O) groups excluding carboxylic acids is 2. The molecule has 0 aliphatic rings. The molecule has 0 aliphatic heterocycles. The molecule has 16 nitrogen and oxygen atoms in total. The van der Waals surface area contributed by atoms with E-state index in [0.29, 0.717) is 4.88 Å². The minimum absolute atomic E-state index is 0.0673. The number of halogens is 6. The van der Waals surface area contributed by atoms with Crippen molar-refractivity contribution in [3.8, 4) is 0 Å². The van der Waals surface area contributed by atoms with Crippen LogP contribution in [0.2, 0.25) is 0 Å². The number of nitrogens with zero attached hydrogens (tertiary/aromatic N) is 3. The van der Waals surface area contributed by atoms with E-state index in [9.17, 15) is 45.8 Å². The molecule has 0 aliphatic carbocycles. The summed E-state index contributed by atoms with van der Waals surface area (Å²) >= 11 is 0.976. The lowest BCUT2D eigenvalue weighted by atomic mass is 10.3. The van der Waals surface area contributed by atoms with Crippen molar-refractivity contribution < 1.29 is 65.6 Å². The number of aromatic nitrogens is 2. The quantitative estimate of drug-likeness (QED) is 0.0736. The first kappa shape index (κ1) is 37.8. The second-order valence-corrected chi connectivity index (χ2v) is 8.23. The maximum absolute atomic E-state index is 12.3. The highest BCUT2D eigenvalue weighted by Gasteiger charge is 2.38. The van der Waals surface area contributed by atoms with Gasteiger partial charge in [0, 0.05) is 25.5 Å². The number of carboxylic acids is 3. The number of aliphatic carboxylic acids is 3. The van der Waals surface area contributed by atoms with Crippen molar-refractivity contribution in [1.82, 2.24) is 20.6 Å². The first-order valence-electron chi connectivity index (χ1n) is 10.8. The molecule has 0 saturated heterocycles. The third-order valence-corrected chi connectivity index (χ3v) is 4.95. The summed E-state index contributed by atoms with van der Waals surface area (Å²) in [5, 5.41) is 31.3. The highest BCUT2D eigenvalue weighted by atomic mass is 32.1. The Balaban J connectivity index is 0.00000104. The van der Waals surface area contributed by atoms with Gasteiger partial charge < -0.3 is 42.7 Å². The fourth-order valence-electron chi connectivity index (χ4n) is 2.03. The standard InChI is InChI=1S/C16H20N8O4S.2C2HF3O2/c17-15(18)20-7-6-19-12(25)10-2-3-11(29-10)13(26)23-8-9(14(27)28)24-16-21-4-1-5-22-16;2*3-2(4,5)1(6)7/h1-5,9H,6-8H2,(H,19,25)(H,23,26)(H,27,28)(H4,17,18,20)(H,21,22,24);2*(H,6,7). The summed E-state index contributed by atoms with van der Waals surface area (Å²) in [4.78, 5) is 65.6. The van der Waals surface area contributed by atoms with E-state index in [4.69, 9.17) is 31.3 Å². The fourth-order valence-corrected chi connectivity index (χ4v) is 2.87. The summed E-state index contributed by atoms with van der Waals surface area (Å²) in [5.41, 5.74) is 10.4. The van der Waals surface area contributed by atoms with Gasteiger partial charge in [-0.2, -0.15) is 26.3 Å². The number of carboxylic acid groups (broad SMARTS) is 3. The van der Waals surface area contributed by atoms with Crippen LogP contribution >= 0.6 is 11.3 Å². The molecule has 2 amide bonds. The second kappa shape index (κ2) is 17.6. The number of amides is 2. The smallest absolute Gasteiger partial charge is 0.480 e. The molecule has 0 bridgehead atoms. The number of alkyl halides is 6. The molecule has 0 radical (unpaired) electrons. The normalized spacial score (nSPS) is 11.2. The molecule has 1 atom stereocenters. The molecule has 43 heavy (non-hydrogen) atoms. The molecule has 10 N–H and O–H groups in total. The number of nitrogens with two attached hydrogens (primary N) is 2. The maximum atomic E-state index is 12.3. The molecule has 0 saturated carbocycles. The van der Waals surface area contributed by atoms with Crippen molar-refractivity contribution in [2.45, 2.75) is 18.4 Å². The van der Waals surface area contributed by atoms with E-state index >= 15 is 0 Å². The Morgan fingerprint density at radius 1 is 0.860 bits per heavy atom. The Bertz CT molecular complexity index is 1250. The number of guanidine groups is 1. The van der Waals surface area contributed by atoms with E-state index in [1.54, 1.807) is 6.07 Å². The Morgan fingerprint density at radius 3 is 1.70 bits per heavy atom. The molecule has 1 unspecified atom stereocenters. The number of nitrogens with one attached hydrogen (secondary N) is 3. The van der Waals surface area contributed by atoms with Gasteiger partial charge in [0.05, 0.1) is 16.3 Å². The van der Waals surface area contributed by atoms with Crippen molar-refractivity contribution in [3.05, 3.63) is 40.3 Å². The van der Waals surface area contributed by atoms with Gasteiger partial charge in [-0.3, -0.25) is 14.6 Å². The highest BCUT2D eigenvalue weighted by molar-refractivity contribution is 7.15. The molecular weight excluding hydrogens is 626 g/mol. The first-order valence-corrected chi connectivity index (χ1v) is 11.7. The van der Waals surface area contributed by atoms with Crippen LogP contribution in [0.25, 0.3) is 0 Å². The van der Waals surface area contributed by atoms with Crippen LogP contribution in [0.1, 0.15) is 19.3 Å². The molecule has 23 heteroatoms. The van der Waals surface area contributed by atoms with Gasteiger partial charge in [0.2, 0.25) is 5.95 Å². The van der Waals surface area contributed by atoms with Crippen molar-refractivity contribution in [1.29, 1.82) is 0 Å². The van der Waals surface area contributed by atoms with E-state index in [1.807, 2.05) is 0 Å². The van der Waals surface area contributed by atoms with Crippen LogP contribution in [-0.2, 0) is 14.4 Å². The second-order valence-electron chi connectivity index (χ2n) is 7.15. The minimum atomic E-state index is -5.08. The van der Waals surface area contributed by atoms with Crippen LogP contribution in [0.15, 0.2) is 35.6 Å². The zero-order chi connectivity index (χ0) is 33.4. The van der Waals surface area contributed by atoms with Crippen molar-refractivity contribution in [2.24, 2.45) is 16.5 Å². The van der Waals surface area contributed by atoms with Gasteiger partial charge in [-0.15, -0.1) is 11.3 Å². The van der Waals surface area contributed by atoms with E-state index in [2.05, 4.69) is 30.9 Å². The molecule has 2 aromatic heterocycles. The Morgan fingerprint density at radius 2 is 1.30 bits per heavy atom. The number of aliphatic imine (C=N–C) groups is 1. The van der Waals surface area contributed by atoms with Gasteiger partial charge in [0.25, 0.3) is 11.8 Å². The first-order chi connectivity index (χ1) is 19.7. The van der Waals surface area contributed by atoms with Crippen LogP contribution in [0.5, 0.6) is 0 Å². The summed E-state index contributed by atoms with van der Waals surface area (Å²) in [7, 11) is 0. The number of rotatable bonds is 10. The highest BCUT2D eigenvalue weighted by Crippen LogP contribution is 2.16. The zero-order valence-corrected chi connectivity index (χ0v) is 22.0. The molecular formula is C20H22F6N8O8S. The van der Waals surface area contributed by atoms with Crippen LogP contribution < -0.4 is 27.4 Å². The molecule has 0 spiro atoms. The van der Waals surface area contributed by atoms with E-state index < -0.39 is 42.2 Å². The summed E-state index contributed by atoms with van der Waals surface area (Å²) < 4.78 is 63.5. The molecule has 0 aromatic carbocycles. The fraction of sp³-hybridized carbons (Fsp3) is 0.300. The Hall–Kier alpha value is -5.22. The average molecular weight is 648 g/mol. The van der Waals surface area contributed by atoms with E-state index in [0.717, 1.165) is 11.3 Å². The topological polar surface area (TPSA) is 272 Å². The summed E-state index contributed by atoms with van der Waals surface area (Å²) in [5.74, 6) is -7.50. The monoisotopic (exact) mass is 648 g/mol. The average Bonchev–Trinajstić information content (AvgIpc) is 3.39. The number of thiophene rings is 1. The third kappa shape index (κ3) is 16.6. The Labute approximate surface area is 239 Å². The summed E-state index contributed by atoms with van der Waals surface area (Å²) in [6, 6.07) is 3.45. The summed E-state index contributed by atoms with van der Waals surface area (Å²) in [6.07, 6.45) is -7.25. The van der Waals surface area contributed by atoms with Crippen LogP contribution in [0.4, 0.5) is 32.3 Å². The van der Waals surface area contributed by atoms with Gasteiger partial charge in [-0.1, -0.05) is 0 Å². The molecule has 2 heterocycles. The van der Waals surface area contributed by atoms with Crippen molar-refractivity contribution >= 4 is 53.0 Å². The lowest BCUT2D eigenvalue weighted by Crippen LogP contribution is -2.41. The Kier molecular flexibility index (Phi) is 15.4. The zero-order valence-electron chi connectivity index (χ0n) is 21.1. The van der Waals surface area contributed by atoms with Crippen LogP contribution in [0.3, 0.4) is 0 Å². The third-order valence-electron chi connectivity index (χ3n) is 3.86. The number of anilines is 1. The minimum Gasteiger partial charge on any atom is -0.480 e. The van der Waals surface area contributed by atoms with Gasteiger partial charge in [-0.05, 0) is 18.2 Å². The van der Waals surface area contributed by atoms with Crippen molar-refractivity contribution in [2.75, 3.05) is 25.0 Å².